The molecule has 2 atom stereocenters. The monoisotopic (exact) mass is 270 g/mol. The van der Waals surface area contributed by atoms with Gasteiger partial charge in [-0.2, -0.15) is 13.2 Å². The fourth-order valence-electron chi connectivity index (χ4n) is 2.76. The summed E-state index contributed by atoms with van der Waals surface area (Å²) in [5.41, 5.74) is -0.559. The number of Topliss-reactive ketones (excluding diaryl/α,β-unsaturated/α-hetero) is 1. The van der Waals surface area contributed by atoms with Crippen molar-refractivity contribution in [2.24, 2.45) is 11.8 Å². The van der Waals surface area contributed by atoms with Gasteiger partial charge in [0.2, 0.25) is 0 Å². The summed E-state index contributed by atoms with van der Waals surface area (Å²) >= 11 is 0. The second kappa shape index (κ2) is 5.35. The zero-order valence-electron chi connectivity index (χ0n) is 10.8. The van der Waals surface area contributed by atoms with Gasteiger partial charge >= 0.3 is 6.18 Å². The maximum atomic E-state index is 12.6. The third-order valence-corrected chi connectivity index (χ3v) is 3.78. The van der Waals surface area contributed by atoms with Crippen molar-refractivity contribution in [2.45, 2.75) is 38.8 Å². The Morgan fingerprint density at radius 1 is 1.26 bits per heavy atom. The van der Waals surface area contributed by atoms with Gasteiger partial charge in [0.25, 0.3) is 0 Å². The predicted octanol–water partition coefficient (Wildman–Crippen LogP) is 4.71. The quantitative estimate of drug-likeness (QED) is 0.711. The molecule has 1 saturated carbocycles. The van der Waals surface area contributed by atoms with Crippen LogP contribution in [0.15, 0.2) is 24.3 Å². The Morgan fingerprint density at radius 3 is 2.63 bits per heavy atom. The molecule has 0 bridgehead atoms. The van der Waals surface area contributed by atoms with E-state index in [1.165, 1.54) is 12.1 Å². The third kappa shape index (κ3) is 3.37. The number of alkyl halides is 3. The van der Waals surface area contributed by atoms with E-state index < -0.39 is 11.7 Å². The van der Waals surface area contributed by atoms with E-state index in [-0.39, 0.29) is 17.3 Å². The summed E-state index contributed by atoms with van der Waals surface area (Å²) in [6.45, 7) is 2.09. The highest BCUT2D eigenvalue weighted by atomic mass is 19.4. The Kier molecular flexibility index (Phi) is 3.97. The molecule has 1 aliphatic carbocycles. The van der Waals surface area contributed by atoms with Crippen LogP contribution in [0.25, 0.3) is 0 Å². The predicted molar refractivity (Wildman–Crippen MR) is 66.9 cm³/mol. The molecule has 2 rings (SSSR count). The van der Waals surface area contributed by atoms with Crippen molar-refractivity contribution in [3.8, 4) is 0 Å². The van der Waals surface area contributed by atoms with Crippen LogP contribution >= 0.6 is 0 Å². The fourth-order valence-corrected chi connectivity index (χ4v) is 2.76. The molecule has 0 amide bonds. The van der Waals surface area contributed by atoms with Crippen molar-refractivity contribution in [3.05, 3.63) is 35.4 Å². The summed E-state index contributed by atoms with van der Waals surface area (Å²) in [6.07, 6.45) is -0.729. The molecular weight excluding hydrogens is 253 g/mol. The number of hydrogen-bond acceptors (Lipinski definition) is 1. The SMILES string of the molecule is CC1CCCC(C(=O)c2cccc(C(F)(F)F)c2)C1. The minimum Gasteiger partial charge on any atom is -0.294 e. The van der Waals surface area contributed by atoms with Gasteiger partial charge < -0.3 is 0 Å². The Labute approximate surface area is 110 Å². The summed E-state index contributed by atoms with van der Waals surface area (Å²) < 4.78 is 37.9. The lowest BCUT2D eigenvalue weighted by molar-refractivity contribution is -0.137. The molecule has 0 radical (unpaired) electrons. The summed E-state index contributed by atoms with van der Waals surface area (Å²) in [6, 6.07) is 4.76. The maximum Gasteiger partial charge on any atom is 0.416 e. The number of benzene rings is 1. The molecule has 1 nitrogen and oxygen atoms in total. The zero-order valence-corrected chi connectivity index (χ0v) is 10.8. The van der Waals surface area contributed by atoms with E-state index in [1.54, 1.807) is 0 Å². The average molecular weight is 270 g/mol. The van der Waals surface area contributed by atoms with Crippen LogP contribution < -0.4 is 0 Å². The summed E-state index contributed by atoms with van der Waals surface area (Å²) in [5.74, 6) is 0.221. The van der Waals surface area contributed by atoms with Crippen LogP contribution in [0.2, 0.25) is 0 Å². The van der Waals surface area contributed by atoms with E-state index in [9.17, 15) is 18.0 Å². The molecule has 0 saturated heterocycles. The van der Waals surface area contributed by atoms with E-state index in [1.807, 2.05) is 0 Å². The first-order valence-electron chi connectivity index (χ1n) is 6.59. The van der Waals surface area contributed by atoms with E-state index in [4.69, 9.17) is 0 Å². The smallest absolute Gasteiger partial charge is 0.294 e. The molecule has 0 spiro atoms. The summed E-state index contributed by atoms with van der Waals surface area (Å²) in [4.78, 5) is 12.3. The van der Waals surface area contributed by atoms with Crippen molar-refractivity contribution < 1.29 is 18.0 Å². The van der Waals surface area contributed by atoms with E-state index in [0.717, 1.165) is 37.8 Å². The van der Waals surface area contributed by atoms with Crippen LogP contribution in [0.1, 0.15) is 48.5 Å². The Balaban J connectivity index is 2.19. The van der Waals surface area contributed by atoms with Crippen molar-refractivity contribution in [1.82, 2.24) is 0 Å². The molecule has 1 aromatic rings. The minimum atomic E-state index is -4.39. The Hall–Kier alpha value is -1.32. The largest absolute Gasteiger partial charge is 0.416 e. The highest BCUT2D eigenvalue weighted by Gasteiger charge is 2.32. The fraction of sp³-hybridized carbons (Fsp3) is 0.533. The van der Waals surface area contributed by atoms with Gasteiger partial charge in [0.05, 0.1) is 5.56 Å². The van der Waals surface area contributed by atoms with Crippen LogP contribution in [0, 0.1) is 11.8 Å². The van der Waals surface area contributed by atoms with Crippen molar-refractivity contribution >= 4 is 5.78 Å². The van der Waals surface area contributed by atoms with Gasteiger partial charge in [-0.3, -0.25) is 4.79 Å². The molecule has 104 valence electrons. The summed E-state index contributed by atoms with van der Waals surface area (Å²) in [5, 5.41) is 0. The number of hydrogen-bond donors (Lipinski definition) is 0. The zero-order chi connectivity index (χ0) is 14.0. The molecule has 0 aliphatic heterocycles. The first-order valence-corrected chi connectivity index (χ1v) is 6.59. The second-order valence-electron chi connectivity index (χ2n) is 5.41. The van der Waals surface area contributed by atoms with Crippen molar-refractivity contribution in [2.75, 3.05) is 0 Å². The normalized spacial score (nSPS) is 24.2. The standard InChI is InChI=1S/C15H17F3O/c1-10-4-2-5-11(8-10)14(19)12-6-3-7-13(9-12)15(16,17)18/h3,6-7,9-11H,2,4-5,8H2,1H3. The van der Waals surface area contributed by atoms with Gasteiger partial charge in [-0.25, -0.2) is 0 Å². The van der Waals surface area contributed by atoms with Crippen LogP contribution in [0.4, 0.5) is 13.2 Å². The lowest BCUT2D eigenvalue weighted by atomic mass is 9.78. The maximum absolute atomic E-state index is 12.6. The number of halogens is 3. The van der Waals surface area contributed by atoms with Crippen LogP contribution in [-0.4, -0.2) is 5.78 Å². The molecule has 0 heterocycles. The molecule has 1 aliphatic rings. The van der Waals surface area contributed by atoms with Crippen molar-refractivity contribution in [1.29, 1.82) is 0 Å². The molecule has 2 unspecified atom stereocenters. The van der Waals surface area contributed by atoms with Gasteiger partial charge in [0.1, 0.15) is 0 Å². The summed E-state index contributed by atoms with van der Waals surface area (Å²) in [7, 11) is 0. The molecule has 0 aromatic heterocycles. The lowest BCUT2D eigenvalue weighted by Crippen LogP contribution is -2.22. The topological polar surface area (TPSA) is 17.1 Å². The molecule has 19 heavy (non-hydrogen) atoms. The molecule has 1 aromatic carbocycles. The Morgan fingerprint density at radius 2 is 2.00 bits per heavy atom. The third-order valence-electron chi connectivity index (χ3n) is 3.78. The first kappa shape index (κ1) is 14.1. The molecule has 1 fully saturated rings. The Bertz CT molecular complexity index is 465. The highest BCUT2D eigenvalue weighted by Crippen LogP contribution is 2.33. The lowest BCUT2D eigenvalue weighted by Gasteiger charge is -2.25. The minimum absolute atomic E-state index is 0.118. The van der Waals surface area contributed by atoms with Gasteiger partial charge in [0, 0.05) is 11.5 Å². The number of rotatable bonds is 2. The molecular formula is C15H17F3O. The second-order valence-corrected chi connectivity index (χ2v) is 5.41. The number of carbonyl (C=O) groups excluding carboxylic acids is 1. The highest BCUT2D eigenvalue weighted by molar-refractivity contribution is 5.98. The first-order chi connectivity index (χ1) is 8.88. The van der Waals surface area contributed by atoms with E-state index in [0.29, 0.717) is 5.92 Å². The number of ketones is 1. The van der Waals surface area contributed by atoms with Crippen LogP contribution in [-0.2, 0) is 6.18 Å². The van der Waals surface area contributed by atoms with E-state index in [2.05, 4.69) is 6.92 Å². The van der Waals surface area contributed by atoms with Gasteiger partial charge in [-0.1, -0.05) is 31.9 Å². The van der Waals surface area contributed by atoms with Gasteiger partial charge in [-0.05, 0) is 30.9 Å². The van der Waals surface area contributed by atoms with Gasteiger partial charge in [0.15, 0.2) is 5.78 Å². The van der Waals surface area contributed by atoms with E-state index >= 15 is 0 Å². The molecule has 4 heteroatoms. The van der Waals surface area contributed by atoms with Gasteiger partial charge in [-0.15, -0.1) is 0 Å². The molecule has 0 N–H and O–H groups in total. The van der Waals surface area contributed by atoms with Crippen LogP contribution in [0.5, 0.6) is 0 Å². The average Bonchev–Trinajstić information content (AvgIpc) is 2.37. The van der Waals surface area contributed by atoms with Crippen LogP contribution in [0.3, 0.4) is 0 Å². The van der Waals surface area contributed by atoms with Crippen molar-refractivity contribution in [3.63, 3.8) is 0 Å². The number of carbonyl (C=O) groups is 1.